The Morgan fingerprint density at radius 3 is 1.87 bits per heavy atom. The lowest BCUT2D eigenvalue weighted by atomic mass is 10.1. The van der Waals surface area contributed by atoms with Crippen LogP contribution in [-0.4, -0.2) is 80.4 Å². The van der Waals surface area contributed by atoms with Crippen LogP contribution in [0.5, 0.6) is 5.75 Å². The Morgan fingerprint density at radius 2 is 1.31 bits per heavy atom. The van der Waals surface area contributed by atoms with Gasteiger partial charge in [0.15, 0.2) is 5.65 Å². The van der Waals surface area contributed by atoms with Gasteiger partial charge in [0, 0.05) is 37.9 Å². The monoisotopic (exact) mass is 750 g/mol. The van der Waals surface area contributed by atoms with Crippen LogP contribution < -0.4 is 32.6 Å². The maximum absolute atomic E-state index is 13.6. The zero-order valence-corrected chi connectivity index (χ0v) is 30.9. The number of allylic oxidation sites excluding steroid dienone is 2. The van der Waals surface area contributed by atoms with Gasteiger partial charge >= 0.3 is 0 Å². The van der Waals surface area contributed by atoms with Crippen LogP contribution in [0.2, 0.25) is 0 Å². The van der Waals surface area contributed by atoms with E-state index < -0.39 is 23.6 Å². The molecule has 0 fully saturated rings. The first-order valence-corrected chi connectivity index (χ1v) is 17.6. The first kappa shape index (κ1) is 37.9. The van der Waals surface area contributed by atoms with Gasteiger partial charge in [-0.3, -0.25) is 43.7 Å². The number of amides is 4. The standard InChI is InChI=1S/C36H42N14O5/c1-5-49-26(14-20(3)45-49)33(53)43-35-41-24-16-22(30(38)51)18-28(55-13-9-10-37)29(24)47(35)11-7-8-12-48-32-25(17-23(19-40-32)31(39)52)42-36(48)44-34(54)27-15-21(4)46-50(27)6-2/h7-8,14-19H,5-6,9-13,37H2,1-4H3,(H2,38,51)(H2,39,52)(H,41,43,53)(H,42,44,54)/b8-7+. The largest absolute Gasteiger partial charge is 0.491 e. The summed E-state index contributed by atoms with van der Waals surface area (Å²) in [5, 5.41) is 14.5. The summed E-state index contributed by atoms with van der Waals surface area (Å²) in [6.07, 6.45) is 5.54. The average molecular weight is 751 g/mol. The number of aromatic nitrogens is 9. The predicted molar refractivity (Wildman–Crippen MR) is 204 cm³/mol. The minimum Gasteiger partial charge on any atom is -0.491 e. The summed E-state index contributed by atoms with van der Waals surface area (Å²) >= 11 is 0. The first-order chi connectivity index (χ1) is 26.4. The van der Waals surface area contributed by atoms with E-state index in [0.717, 1.165) is 0 Å². The molecule has 6 aromatic rings. The molecule has 0 atom stereocenters. The number of benzene rings is 1. The lowest BCUT2D eigenvalue weighted by molar-refractivity contribution is 0.0991. The molecule has 19 heteroatoms. The Labute approximate surface area is 314 Å². The lowest BCUT2D eigenvalue weighted by Gasteiger charge is -2.13. The number of anilines is 2. The van der Waals surface area contributed by atoms with Gasteiger partial charge < -0.3 is 26.5 Å². The highest BCUT2D eigenvalue weighted by Gasteiger charge is 2.23. The van der Waals surface area contributed by atoms with Crippen LogP contribution in [0.1, 0.15) is 73.3 Å². The molecule has 6 rings (SSSR count). The van der Waals surface area contributed by atoms with Crippen molar-refractivity contribution in [2.45, 2.75) is 60.3 Å². The number of nitrogens with one attached hydrogen (secondary N) is 2. The molecule has 0 unspecified atom stereocenters. The molecule has 8 N–H and O–H groups in total. The zero-order valence-electron chi connectivity index (χ0n) is 30.9. The molecule has 0 spiro atoms. The molecule has 0 aliphatic rings. The fourth-order valence-corrected chi connectivity index (χ4v) is 6.06. The van der Waals surface area contributed by atoms with E-state index in [-0.39, 0.29) is 42.7 Å². The van der Waals surface area contributed by atoms with E-state index in [1.165, 1.54) is 24.4 Å². The van der Waals surface area contributed by atoms with Gasteiger partial charge in [0.05, 0.1) is 29.1 Å². The van der Waals surface area contributed by atoms with Crippen molar-refractivity contribution in [3.63, 3.8) is 0 Å². The Balaban J connectivity index is 1.38. The van der Waals surface area contributed by atoms with Crippen molar-refractivity contribution in [3.05, 3.63) is 82.6 Å². The number of fused-ring (bicyclic) bond motifs is 2. The van der Waals surface area contributed by atoms with Gasteiger partial charge in [0.2, 0.25) is 23.7 Å². The fraction of sp³-hybridized carbons (Fsp3) is 0.306. The third-order valence-corrected chi connectivity index (χ3v) is 8.63. The molecule has 0 aliphatic heterocycles. The molecular weight excluding hydrogens is 708 g/mol. The maximum Gasteiger partial charge on any atom is 0.276 e. The first-order valence-electron chi connectivity index (χ1n) is 17.6. The molecule has 0 saturated heterocycles. The van der Waals surface area contributed by atoms with Crippen LogP contribution >= 0.6 is 0 Å². The van der Waals surface area contributed by atoms with Crippen LogP contribution in [0.15, 0.2) is 48.7 Å². The fourth-order valence-electron chi connectivity index (χ4n) is 6.06. The number of ether oxygens (including phenoxy) is 1. The van der Waals surface area contributed by atoms with Crippen LogP contribution in [0.25, 0.3) is 22.2 Å². The van der Waals surface area contributed by atoms with Crippen molar-refractivity contribution in [1.29, 1.82) is 0 Å². The Morgan fingerprint density at radius 1 is 0.764 bits per heavy atom. The number of pyridine rings is 1. The van der Waals surface area contributed by atoms with E-state index in [4.69, 9.17) is 26.9 Å². The minimum atomic E-state index is -0.672. The number of nitrogens with zero attached hydrogens (tertiary/aromatic N) is 9. The van der Waals surface area contributed by atoms with Gasteiger partial charge in [0.25, 0.3) is 11.8 Å². The second-order valence-electron chi connectivity index (χ2n) is 12.6. The third kappa shape index (κ3) is 7.91. The van der Waals surface area contributed by atoms with Crippen molar-refractivity contribution in [1.82, 2.24) is 43.6 Å². The molecule has 19 nitrogen and oxygen atoms in total. The molecule has 0 radical (unpaired) electrons. The predicted octanol–water partition coefficient (Wildman–Crippen LogP) is 2.52. The lowest BCUT2D eigenvalue weighted by Crippen LogP contribution is -2.20. The second-order valence-corrected chi connectivity index (χ2v) is 12.6. The summed E-state index contributed by atoms with van der Waals surface area (Å²) in [7, 11) is 0. The van der Waals surface area contributed by atoms with Crippen LogP contribution in [-0.2, 0) is 26.2 Å². The van der Waals surface area contributed by atoms with Gasteiger partial charge in [-0.2, -0.15) is 10.2 Å². The van der Waals surface area contributed by atoms with Gasteiger partial charge in [0.1, 0.15) is 28.2 Å². The molecule has 5 heterocycles. The van der Waals surface area contributed by atoms with E-state index in [1.54, 1.807) is 44.5 Å². The summed E-state index contributed by atoms with van der Waals surface area (Å²) in [4.78, 5) is 65.0. The van der Waals surface area contributed by atoms with Crippen molar-refractivity contribution in [2.24, 2.45) is 17.2 Å². The van der Waals surface area contributed by atoms with Crippen molar-refractivity contribution in [2.75, 3.05) is 23.8 Å². The molecule has 1 aromatic carbocycles. The van der Waals surface area contributed by atoms with Gasteiger partial charge in [-0.05, 0) is 71.0 Å². The Hall–Kier alpha value is -6.89. The Bertz CT molecular complexity index is 2470. The number of nitrogens with two attached hydrogens (primary N) is 3. The average Bonchev–Trinajstić information content (AvgIpc) is 3.92. The molecule has 55 heavy (non-hydrogen) atoms. The van der Waals surface area contributed by atoms with E-state index >= 15 is 0 Å². The highest BCUT2D eigenvalue weighted by molar-refractivity contribution is 6.05. The number of hydrogen-bond donors (Lipinski definition) is 5. The summed E-state index contributed by atoms with van der Waals surface area (Å²) in [6.45, 7) is 9.31. The number of rotatable bonds is 16. The normalized spacial score (nSPS) is 11.5. The Kier molecular flexibility index (Phi) is 11.0. The van der Waals surface area contributed by atoms with Crippen molar-refractivity contribution >= 4 is 57.7 Å². The molecule has 0 saturated carbocycles. The molecular formula is C36H42N14O5. The maximum atomic E-state index is 13.6. The number of carbonyl (C=O) groups is 4. The minimum absolute atomic E-state index is 0.160. The highest BCUT2D eigenvalue weighted by atomic mass is 16.5. The van der Waals surface area contributed by atoms with E-state index in [1.807, 2.05) is 26.0 Å². The number of primary amides is 2. The molecule has 0 aliphatic carbocycles. The van der Waals surface area contributed by atoms with Crippen molar-refractivity contribution in [3.8, 4) is 5.75 Å². The molecule has 5 aromatic heterocycles. The third-order valence-electron chi connectivity index (χ3n) is 8.63. The second kappa shape index (κ2) is 16.0. The van der Waals surface area contributed by atoms with Crippen LogP contribution in [0.3, 0.4) is 0 Å². The number of imidazole rings is 2. The van der Waals surface area contributed by atoms with Crippen LogP contribution in [0.4, 0.5) is 11.9 Å². The summed E-state index contributed by atoms with van der Waals surface area (Å²) in [5.74, 6) is -1.52. The zero-order chi connectivity index (χ0) is 39.4. The smallest absolute Gasteiger partial charge is 0.276 e. The van der Waals surface area contributed by atoms with E-state index in [0.29, 0.717) is 76.8 Å². The number of hydrogen-bond acceptors (Lipinski definition) is 11. The van der Waals surface area contributed by atoms with Crippen molar-refractivity contribution < 1.29 is 23.9 Å². The summed E-state index contributed by atoms with van der Waals surface area (Å²) in [5.41, 5.74) is 20.9. The van der Waals surface area contributed by atoms with Gasteiger partial charge in [-0.25, -0.2) is 15.0 Å². The van der Waals surface area contributed by atoms with Gasteiger partial charge in [-0.15, -0.1) is 0 Å². The van der Waals surface area contributed by atoms with Gasteiger partial charge in [-0.1, -0.05) is 12.2 Å². The van der Waals surface area contributed by atoms with Crippen LogP contribution in [0, 0.1) is 13.8 Å². The van der Waals surface area contributed by atoms with E-state index in [2.05, 4.69) is 30.8 Å². The highest BCUT2D eigenvalue weighted by Crippen LogP contribution is 2.31. The topological polar surface area (TPSA) is 264 Å². The summed E-state index contributed by atoms with van der Waals surface area (Å²) < 4.78 is 12.7. The molecule has 4 amide bonds. The summed E-state index contributed by atoms with van der Waals surface area (Å²) in [6, 6.07) is 7.94. The number of aryl methyl sites for hydroxylation is 4. The SMILES string of the molecule is CCn1nc(C)cc1C(=O)Nc1nc2cc(C(N)=O)cnc2n1C/C=C/Cn1c(NC(=O)c2cc(C)nn2CC)nc2cc(C(N)=O)cc(OCCCN)c21. The quantitative estimate of drug-likeness (QED) is 0.0709. The molecule has 286 valence electrons. The van der Waals surface area contributed by atoms with E-state index in [9.17, 15) is 19.2 Å². The number of carbonyl (C=O) groups excluding carboxylic acids is 4. The molecule has 0 bridgehead atoms.